The van der Waals surface area contributed by atoms with Crippen molar-refractivity contribution in [2.45, 2.75) is 12.2 Å². The molecule has 0 radical (unpaired) electrons. The molecule has 2 atom stereocenters. The van der Waals surface area contributed by atoms with Gasteiger partial charge in [-0.1, -0.05) is 36.4 Å². The van der Waals surface area contributed by atoms with Crippen molar-refractivity contribution in [2.24, 2.45) is 0 Å². The molecule has 0 aromatic heterocycles. The van der Waals surface area contributed by atoms with Crippen LogP contribution in [-0.4, -0.2) is 38.4 Å². The third kappa shape index (κ3) is 3.24. The Bertz CT molecular complexity index is 570. The summed E-state index contributed by atoms with van der Waals surface area (Å²) < 4.78 is 0. The Morgan fingerprint density at radius 2 is 0.955 bits per heavy atom. The Morgan fingerprint density at radius 3 is 1.27 bits per heavy atom. The van der Waals surface area contributed by atoms with Gasteiger partial charge in [0, 0.05) is 50.7 Å². The lowest BCUT2D eigenvalue weighted by Gasteiger charge is -2.27. The first-order valence-corrected chi connectivity index (χ1v) is 7.32. The highest BCUT2D eigenvalue weighted by Gasteiger charge is 2.25. The lowest BCUT2D eigenvalue weighted by molar-refractivity contribution is 0.0178. The van der Waals surface area contributed by atoms with E-state index in [4.69, 9.17) is 0 Å². The van der Waals surface area contributed by atoms with Gasteiger partial charge < -0.3 is 20.0 Å². The van der Waals surface area contributed by atoms with E-state index in [2.05, 4.69) is 0 Å². The highest BCUT2D eigenvalue weighted by atomic mass is 16.3. The molecule has 0 heterocycles. The predicted molar refractivity (Wildman–Crippen MR) is 91.5 cm³/mol. The van der Waals surface area contributed by atoms with Crippen LogP contribution in [0.4, 0.5) is 11.4 Å². The van der Waals surface area contributed by atoms with E-state index in [0.29, 0.717) is 11.1 Å². The van der Waals surface area contributed by atoms with Crippen molar-refractivity contribution in [3.8, 4) is 0 Å². The molecular formula is C18H24N2O2. The molecule has 0 aliphatic heterocycles. The van der Waals surface area contributed by atoms with Crippen molar-refractivity contribution in [3.63, 3.8) is 0 Å². The standard InChI is InChI=1S/C18H24N2O2/c1-19(2)15-11-7-5-9-13(15)17(21)18(22)14-10-6-8-12-16(14)20(3)4/h5-12,17-18,21-22H,1-4H3/t17-,18-/m1/s1. The summed E-state index contributed by atoms with van der Waals surface area (Å²) in [5, 5.41) is 21.4. The van der Waals surface area contributed by atoms with Gasteiger partial charge in [-0.2, -0.15) is 0 Å². The van der Waals surface area contributed by atoms with Crippen LogP contribution < -0.4 is 9.80 Å². The Hall–Kier alpha value is -2.04. The Balaban J connectivity index is 2.40. The molecule has 0 amide bonds. The average Bonchev–Trinajstić information content (AvgIpc) is 2.53. The molecule has 2 rings (SSSR count). The Morgan fingerprint density at radius 1 is 0.636 bits per heavy atom. The van der Waals surface area contributed by atoms with Crippen molar-refractivity contribution >= 4 is 11.4 Å². The number of para-hydroxylation sites is 2. The molecule has 4 nitrogen and oxygen atoms in total. The third-order valence-corrected chi connectivity index (χ3v) is 3.77. The van der Waals surface area contributed by atoms with Gasteiger partial charge >= 0.3 is 0 Å². The second-order valence-corrected chi connectivity index (χ2v) is 5.80. The van der Waals surface area contributed by atoms with Crippen LogP contribution in [0.25, 0.3) is 0 Å². The number of aliphatic hydroxyl groups excluding tert-OH is 2. The van der Waals surface area contributed by atoms with Crippen LogP contribution in [0.2, 0.25) is 0 Å². The summed E-state index contributed by atoms with van der Waals surface area (Å²) in [5.74, 6) is 0. The molecule has 118 valence electrons. The molecule has 2 aromatic carbocycles. The number of nitrogens with zero attached hydrogens (tertiary/aromatic N) is 2. The van der Waals surface area contributed by atoms with E-state index in [-0.39, 0.29) is 0 Å². The maximum atomic E-state index is 10.7. The molecule has 0 fully saturated rings. The second-order valence-electron chi connectivity index (χ2n) is 5.80. The van der Waals surface area contributed by atoms with Crippen LogP contribution in [-0.2, 0) is 0 Å². The van der Waals surface area contributed by atoms with Gasteiger partial charge in [-0.25, -0.2) is 0 Å². The quantitative estimate of drug-likeness (QED) is 0.891. The zero-order chi connectivity index (χ0) is 16.3. The molecule has 0 aliphatic carbocycles. The van der Waals surface area contributed by atoms with E-state index in [1.54, 1.807) is 0 Å². The minimum atomic E-state index is -0.986. The minimum Gasteiger partial charge on any atom is -0.385 e. The summed E-state index contributed by atoms with van der Waals surface area (Å²) in [6.07, 6.45) is -1.97. The molecule has 0 aliphatic rings. The van der Waals surface area contributed by atoms with Gasteiger partial charge in [0.25, 0.3) is 0 Å². The first-order chi connectivity index (χ1) is 10.4. The van der Waals surface area contributed by atoms with E-state index in [1.165, 1.54) is 0 Å². The highest BCUT2D eigenvalue weighted by molar-refractivity contribution is 5.57. The first kappa shape index (κ1) is 16.3. The lowest BCUT2D eigenvalue weighted by Crippen LogP contribution is -2.19. The number of anilines is 2. The summed E-state index contributed by atoms with van der Waals surface area (Å²) in [7, 11) is 7.69. The van der Waals surface area contributed by atoms with Crippen molar-refractivity contribution < 1.29 is 10.2 Å². The fourth-order valence-corrected chi connectivity index (χ4v) is 2.63. The van der Waals surface area contributed by atoms with Gasteiger partial charge in [0.15, 0.2) is 0 Å². The molecule has 2 N–H and O–H groups in total. The fraction of sp³-hybridized carbons (Fsp3) is 0.333. The maximum absolute atomic E-state index is 10.7. The largest absolute Gasteiger partial charge is 0.385 e. The van der Waals surface area contributed by atoms with Gasteiger partial charge in [0.05, 0.1) is 0 Å². The number of benzene rings is 2. The molecule has 0 spiro atoms. The predicted octanol–water partition coefficient (Wildman–Crippen LogP) is 2.59. The normalized spacial score (nSPS) is 13.5. The van der Waals surface area contributed by atoms with E-state index >= 15 is 0 Å². The summed E-state index contributed by atoms with van der Waals surface area (Å²) in [6.45, 7) is 0. The molecule has 0 saturated carbocycles. The van der Waals surface area contributed by atoms with E-state index < -0.39 is 12.2 Å². The van der Waals surface area contributed by atoms with Crippen LogP contribution in [0.1, 0.15) is 23.3 Å². The Labute approximate surface area is 132 Å². The number of aliphatic hydroxyl groups is 2. The molecule has 4 heteroatoms. The monoisotopic (exact) mass is 300 g/mol. The highest BCUT2D eigenvalue weighted by Crippen LogP contribution is 2.37. The van der Waals surface area contributed by atoms with Crippen LogP contribution in [0.5, 0.6) is 0 Å². The third-order valence-electron chi connectivity index (χ3n) is 3.77. The summed E-state index contributed by atoms with van der Waals surface area (Å²) in [5.41, 5.74) is 3.23. The number of hydrogen-bond acceptors (Lipinski definition) is 4. The first-order valence-electron chi connectivity index (χ1n) is 7.32. The molecule has 0 bridgehead atoms. The zero-order valence-corrected chi connectivity index (χ0v) is 13.6. The summed E-state index contributed by atoms with van der Waals surface area (Å²) in [6, 6.07) is 15.2. The number of rotatable bonds is 5. The fourth-order valence-electron chi connectivity index (χ4n) is 2.63. The SMILES string of the molecule is CN(C)c1ccccc1[C@@H](O)[C@H](O)c1ccccc1N(C)C. The molecule has 0 unspecified atom stereocenters. The summed E-state index contributed by atoms with van der Waals surface area (Å²) in [4.78, 5) is 3.87. The molecule has 2 aromatic rings. The minimum absolute atomic E-state index is 0.716. The topological polar surface area (TPSA) is 46.9 Å². The average molecular weight is 300 g/mol. The van der Waals surface area contributed by atoms with Crippen molar-refractivity contribution in [1.82, 2.24) is 0 Å². The van der Waals surface area contributed by atoms with E-state index in [0.717, 1.165) is 11.4 Å². The van der Waals surface area contributed by atoms with E-state index in [9.17, 15) is 10.2 Å². The van der Waals surface area contributed by atoms with Gasteiger partial charge in [-0.05, 0) is 12.1 Å². The summed E-state index contributed by atoms with van der Waals surface area (Å²) >= 11 is 0. The number of hydrogen-bond donors (Lipinski definition) is 2. The van der Waals surface area contributed by atoms with Gasteiger partial charge in [0.2, 0.25) is 0 Å². The van der Waals surface area contributed by atoms with Gasteiger partial charge in [-0.15, -0.1) is 0 Å². The van der Waals surface area contributed by atoms with Crippen LogP contribution in [0, 0.1) is 0 Å². The zero-order valence-electron chi connectivity index (χ0n) is 13.6. The lowest BCUT2D eigenvalue weighted by atomic mass is 9.95. The Kier molecular flexibility index (Phi) is 5.06. The van der Waals surface area contributed by atoms with Crippen molar-refractivity contribution in [3.05, 3.63) is 59.7 Å². The molecule has 22 heavy (non-hydrogen) atoms. The van der Waals surface area contributed by atoms with Crippen LogP contribution in [0.3, 0.4) is 0 Å². The van der Waals surface area contributed by atoms with Crippen molar-refractivity contribution in [2.75, 3.05) is 38.0 Å². The maximum Gasteiger partial charge on any atom is 0.111 e. The second kappa shape index (κ2) is 6.81. The van der Waals surface area contributed by atoms with Gasteiger partial charge in [0.1, 0.15) is 12.2 Å². The van der Waals surface area contributed by atoms with Crippen LogP contribution in [0.15, 0.2) is 48.5 Å². The molecule has 0 saturated heterocycles. The van der Waals surface area contributed by atoms with Crippen molar-refractivity contribution in [1.29, 1.82) is 0 Å². The smallest absolute Gasteiger partial charge is 0.111 e. The van der Waals surface area contributed by atoms with E-state index in [1.807, 2.05) is 86.5 Å². The van der Waals surface area contributed by atoms with Crippen LogP contribution >= 0.6 is 0 Å². The van der Waals surface area contributed by atoms with Gasteiger partial charge in [-0.3, -0.25) is 0 Å². The molecular weight excluding hydrogens is 276 g/mol.